The van der Waals surface area contributed by atoms with Crippen LogP contribution >= 0.6 is 0 Å². The molecule has 2 aliphatic carbocycles. The lowest BCUT2D eigenvalue weighted by atomic mass is 10.1. The molecule has 4 aliphatic rings. The summed E-state index contributed by atoms with van der Waals surface area (Å²) in [5, 5.41) is 14.2. The molecule has 192 valence electrons. The number of imidazole rings is 1. The molecule has 8 rings (SSSR count). The maximum atomic E-state index is 15.6. The van der Waals surface area contributed by atoms with Gasteiger partial charge in [0, 0.05) is 43.2 Å². The van der Waals surface area contributed by atoms with Gasteiger partial charge in [-0.1, -0.05) is 0 Å². The highest BCUT2D eigenvalue weighted by atomic mass is 19.1. The maximum Gasteiger partial charge on any atom is 0.254 e. The third-order valence-corrected chi connectivity index (χ3v) is 9.43. The molecule has 8 nitrogen and oxygen atoms in total. The molecule has 2 bridgehead atoms. The number of fused-ring (bicyclic) bond motifs is 3. The Morgan fingerprint density at radius 3 is 2.66 bits per heavy atom. The number of carbonyl (C=O) groups is 1. The lowest BCUT2D eigenvalue weighted by Crippen LogP contribution is -2.41. The Morgan fingerprint density at radius 2 is 1.95 bits per heavy atom. The first-order chi connectivity index (χ1) is 18.4. The summed E-state index contributed by atoms with van der Waals surface area (Å²) in [6, 6.07) is 11.5. The average molecular weight is 510 g/mol. The highest BCUT2D eigenvalue weighted by molar-refractivity contribution is 6.01. The largest absolute Gasteiger partial charge is 0.381 e. The number of anilines is 1. The minimum atomic E-state index is -0.464. The van der Waals surface area contributed by atoms with Crippen LogP contribution in [0.15, 0.2) is 30.3 Å². The molecule has 1 amide bonds. The topological polar surface area (TPSA) is 105 Å². The van der Waals surface area contributed by atoms with Gasteiger partial charge in [-0.25, -0.2) is 9.37 Å². The average Bonchev–Trinajstić information content (AvgIpc) is 3.36. The fraction of sp³-hybridized carbons (Fsp3) is 0.414. The Labute approximate surface area is 218 Å². The van der Waals surface area contributed by atoms with Crippen molar-refractivity contribution in [3.8, 4) is 17.6 Å². The molecule has 4 atom stereocenters. The van der Waals surface area contributed by atoms with Crippen LogP contribution in [0, 0.1) is 29.0 Å². The van der Waals surface area contributed by atoms with Crippen LogP contribution in [0.2, 0.25) is 0 Å². The number of piperidine rings is 1. The standard InChI is InChI=1S/C29H28FN7O/c1-35-27-19(30)8-17(29(38)36-13-16-5-7-22(36)25(16)32)9-21(27)34-28(35)23-10-18-15(11-31)4-6-20-26(18)37(23)24(12-33-20)14-2-3-14/h4,6,8-10,14,16,22,24-25,33H,2-3,5,7,12-13,32H2,1H3/t16-,22-,24?,25-/m1/s1. The number of carbonyl (C=O) groups excluding carboxylic acids is 1. The molecule has 2 aromatic heterocycles. The zero-order valence-corrected chi connectivity index (χ0v) is 21.1. The highest BCUT2D eigenvalue weighted by Crippen LogP contribution is 2.48. The number of hydrogen-bond donors (Lipinski definition) is 2. The van der Waals surface area contributed by atoms with Crippen molar-refractivity contribution in [2.45, 2.75) is 43.8 Å². The van der Waals surface area contributed by atoms with E-state index < -0.39 is 5.82 Å². The molecule has 1 saturated heterocycles. The van der Waals surface area contributed by atoms with Crippen LogP contribution in [0.1, 0.15) is 47.6 Å². The highest BCUT2D eigenvalue weighted by Gasteiger charge is 2.47. The molecule has 3 fully saturated rings. The number of amides is 1. The first-order valence-electron chi connectivity index (χ1n) is 13.5. The number of aryl methyl sites for hydroxylation is 1. The number of halogens is 1. The van der Waals surface area contributed by atoms with E-state index in [1.165, 1.54) is 18.9 Å². The summed E-state index contributed by atoms with van der Waals surface area (Å²) in [6.45, 7) is 1.44. The van der Waals surface area contributed by atoms with Crippen LogP contribution in [0.25, 0.3) is 33.5 Å². The Bertz CT molecular complexity index is 1720. The quantitative estimate of drug-likeness (QED) is 0.432. The van der Waals surface area contributed by atoms with Gasteiger partial charge in [-0.15, -0.1) is 0 Å². The summed E-state index contributed by atoms with van der Waals surface area (Å²) in [4.78, 5) is 20.2. The van der Waals surface area contributed by atoms with Crippen molar-refractivity contribution < 1.29 is 9.18 Å². The number of nitrogens with two attached hydrogens (primary N) is 1. The molecule has 38 heavy (non-hydrogen) atoms. The predicted molar refractivity (Wildman–Crippen MR) is 142 cm³/mol. The molecule has 0 spiro atoms. The lowest BCUT2D eigenvalue weighted by Gasteiger charge is -2.29. The molecule has 4 heterocycles. The minimum Gasteiger partial charge on any atom is -0.381 e. The number of rotatable bonds is 3. The van der Waals surface area contributed by atoms with Gasteiger partial charge in [0.15, 0.2) is 5.82 Å². The molecule has 3 N–H and O–H groups in total. The van der Waals surface area contributed by atoms with Crippen molar-refractivity contribution in [2.24, 2.45) is 24.6 Å². The Hall–Kier alpha value is -3.90. The summed E-state index contributed by atoms with van der Waals surface area (Å²) in [6.07, 6.45) is 4.30. The van der Waals surface area contributed by atoms with Gasteiger partial charge in [-0.2, -0.15) is 5.26 Å². The molecule has 1 unspecified atom stereocenters. The Kier molecular flexibility index (Phi) is 4.41. The van der Waals surface area contributed by atoms with E-state index in [0.717, 1.165) is 41.7 Å². The van der Waals surface area contributed by atoms with Gasteiger partial charge in [0.2, 0.25) is 0 Å². The van der Waals surface area contributed by atoms with Crippen LogP contribution in [0.3, 0.4) is 0 Å². The number of nitrogens with zero attached hydrogens (tertiary/aromatic N) is 5. The smallest absolute Gasteiger partial charge is 0.254 e. The lowest BCUT2D eigenvalue weighted by molar-refractivity contribution is 0.0700. The second-order valence-corrected chi connectivity index (χ2v) is 11.5. The van der Waals surface area contributed by atoms with Crippen molar-refractivity contribution >= 4 is 33.5 Å². The first kappa shape index (κ1) is 22.1. The number of nitrogens with one attached hydrogen (secondary N) is 1. The summed E-state index contributed by atoms with van der Waals surface area (Å²) >= 11 is 0. The normalized spacial score (nSPS) is 25.8. The molecule has 2 aliphatic heterocycles. The van der Waals surface area contributed by atoms with E-state index in [1.54, 1.807) is 10.6 Å². The van der Waals surface area contributed by atoms with E-state index in [0.29, 0.717) is 46.4 Å². The minimum absolute atomic E-state index is 0.00607. The van der Waals surface area contributed by atoms with Crippen LogP contribution in [0.4, 0.5) is 10.1 Å². The van der Waals surface area contributed by atoms with E-state index >= 15 is 4.39 Å². The van der Waals surface area contributed by atoms with Gasteiger partial charge in [-0.05, 0) is 67.9 Å². The summed E-state index contributed by atoms with van der Waals surface area (Å²) in [5.41, 5.74) is 10.9. The van der Waals surface area contributed by atoms with Crippen molar-refractivity contribution in [1.29, 1.82) is 5.26 Å². The van der Waals surface area contributed by atoms with Crippen LogP contribution < -0.4 is 11.1 Å². The number of nitriles is 1. The number of benzene rings is 2. The van der Waals surface area contributed by atoms with Gasteiger partial charge in [0.25, 0.3) is 5.91 Å². The van der Waals surface area contributed by atoms with Gasteiger partial charge < -0.3 is 25.1 Å². The van der Waals surface area contributed by atoms with Crippen LogP contribution in [-0.2, 0) is 7.05 Å². The Balaban J connectivity index is 1.29. The zero-order valence-electron chi connectivity index (χ0n) is 21.1. The third kappa shape index (κ3) is 2.86. The molecule has 2 saturated carbocycles. The summed E-state index contributed by atoms with van der Waals surface area (Å²) in [5.74, 6) is 0.885. The van der Waals surface area contributed by atoms with E-state index in [9.17, 15) is 10.1 Å². The molecule has 0 radical (unpaired) electrons. The predicted octanol–water partition coefficient (Wildman–Crippen LogP) is 4.14. The summed E-state index contributed by atoms with van der Waals surface area (Å²) < 4.78 is 19.7. The maximum absolute atomic E-state index is 15.6. The summed E-state index contributed by atoms with van der Waals surface area (Å²) in [7, 11) is 1.82. The van der Waals surface area contributed by atoms with Crippen LogP contribution in [0.5, 0.6) is 0 Å². The molecule has 9 heteroatoms. The van der Waals surface area contributed by atoms with Crippen molar-refractivity contribution in [3.63, 3.8) is 0 Å². The zero-order chi connectivity index (χ0) is 25.9. The molecule has 2 aromatic carbocycles. The van der Waals surface area contributed by atoms with Gasteiger partial charge >= 0.3 is 0 Å². The number of hydrogen-bond acceptors (Lipinski definition) is 5. The van der Waals surface area contributed by atoms with Gasteiger partial charge in [0.1, 0.15) is 11.3 Å². The van der Waals surface area contributed by atoms with E-state index in [2.05, 4.69) is 16.0 Å². The molecule has 4 aromatic rings. The fourth-order valence-electron chi connectivity index (χ4n) is 7.36. The van der Waals surface area contributed by atoms with E-state index in [4.69, 9.17) is 10.7 Å². The van der Waals surface area contributed by atoms with Gasteiger partial charge in [-0.3, -0.25) is 4.79 Å². The molecular formula is C29H28FN7O. The van der Waals surface area contributed by atoms with Crippen molar-refractivity contribution in [3.05, 3.63) is 47.3 Å². The first-order valence-corrected chi connectivity index (χ1v) is 13.5. The van der Waals surface area contributed by atoms with Crippen molar-refractivity contribution in [1.82, 2.24) is 19.0 Å². The fourth-order valence-corrected chi connectivity index (χ4v) is 7.36. The van der Waals surface area contributed by atoms with E-state index in [1.807, 2.05) is 30.1 Å². The third-order valence-electron chi connectivity index (χ3n) is 9.43. The number of likely N-dealkylation sites (tertiary alicyclic amines) is 1. The van der Waals surface area contributed by atoms with Gasteiger partial charge in [0.05, 0.1) is 40.1 Å². The number of aromatic nitrogens is 3. The van der Waals surface area contributed by atoms with Crippen molar-refractivity contribution in [2.75, 3.05) is 18.4 Å². The second-order valence-electron chi connectivity index (χ2n) is 11.5. The molecular weight excluding hydrogens is 481 g/mol. The van der Waals surface area contributed by atoms with E-state index in [-0.39, 0.29) is 24.0 Å². The van der Waals surface area contributed by atoms with Crippen LogP contribution in [-0.4, -0.2) is 50.1 Å². The SMILES string of the molecule is Cn1c(-c2cc3c(C#N)ccc4c3n2C(C2CC2)CN4)nc2cc(C(=O)N3C[C@H]4CC[C@@H]3[C@@H]4N)cc(F)c21. The second kappa shape index (κ2) is 7.58. The monoisotopic (exact) mass is 509 g/mol. The Morgan fingerprint density at radius 1 is 1.13 bits per heavy atom.